The molecule has 0 heterocycles. The van der Waals surface area contributed by atoms with Gasteiger partial charge >= 0.3 is 0 Å². The molecule has 21 heavy (non-hydrogen) atoms. The van der Waals surface area contributed by atoms with Crippen molar-refractivity contribution < 1.29 is 14.2 Å². The van der Waals surface area contributed by atoms with Crippen LogP contribution in [-0.2, 0) is 14.2 Å². The second-order valence-corrected chi connectivity index (χ2v) is 6.50. The van der Waals surface area contributed by atoms with Gasteiger partial charge in [-0.15, -0.1) is 11.6 Å². The lowest BCUT2D eigenvalue weighted by molar-refractivity contribution is 0.0132. The molecule has 0 amide bonds. The van der Waals surface area contributed by atoms with E-state index >= 15 is 0 Å². The van der Waals surface area contributed by atoms with Crippen LogP contribution in [0.2, 0.25) is 0 Å². The number of hydrogen-bond donors (Lipinski definition) is 0. The van der Waals surface area contributed by atoms with E-state index in [1.807, 2.05) is 0 Å². The largest absolute Gasteiger partial charge is 0.379 e. The van der Waals surface area contributed by atoms with Crippen molar-refractivity contribution in [3.63, 3.8) is 0 Å². The summed E-state index contributed by atoms with van der Waals surface area (Å²) in [7, 11) is 0. The first-order chi connectivity index (χ1) is 10.4. The Morgan fingerprint density at radius 3 is 1.43 bits per heavy atom. The van der Waals surface area contributed by atoms with Crippen LogP contribution in [0.3, 0.4) is 0 Å². The number of halogens is 2. The van der Waals surface area contributed by atoms with E-state index in [0.717, 1.165) is 31.9 Å². The molecule has 0 aliphatic rings. The van der Waals surface area contributed by atoms with Crippen molar-refractivity contribution in [3.05, 3.63) is 0 Å². The third-order valence-electron chi connectivity index (χ3n) is 3.09. The second-order valence-electron chi connectivity index (χ2n) is 5.04. The standard InChI is InChI=1S/C16H32ClIO3/c17-9-5-1-3-7-11-19-13-15-21-16-14-20-12-8-4-2-6-10-18/h1-16H2. The minimum atomic E-state index is 0.667. The Balaban J connectivity index is 2.90. The quantitative estimate of drug-likeness (QED) is 0.176. The zero-order chi connectivity index (χ0) is 15.4. The van der Waals surface area contributed by atoms with E-state index in [1.54, 1.807) is 0 Å². The molecule has 0 unspecified atom stereocenters. The average molecular weight is 435 g/mol. The summed E-state index contributed by atoms with van der Waals surface area (Å²) in [5.74, 6) is 0.773. The Bertz CT molecular complexity index is 167. The zero-order valence-corrected chi connectivity index (χ0v) is 16.2. The first-order valence-electron chi connectivity index (χ1n) is 8.27. The summed E-state index contributed by atoms with van der Waals surface area (Å²) in [4.78, 5) is 0. The fourth-order valence-corrected chi connectivity index (χ4v) is 2.57. The van der Waals surface area contributed by atoms with Crippen LogP contribution in [0.4, 0.5) is 0 Å². The van der Waals surface area contributed by atoms with Crippen LogP contribution in [0.25, 0.3) is 0 Å². The predicted octanol–water partition coefficient (Wildman–Crippen LogP) is 4.83. The van der Waals surface area contributed by atoms with Crippen molar-refractivity contribution >= 4 is 34.2 Å². The van der Waals surface area contributed by atoms with E-state index in [1.165, 1.54) is 43.0 Å². The number of rotatable bonds is 18. The maximum Gasteiger partial charge on any atom is 0.0701 e. The van der Waals surface area contributed by atoms with Gasteiger partial charge in [-0.25, -0.2) is 0 Å². The molecule has 0 aromatic heterocycles. The van der Waals surface area contributed by atoms with Gasteiger partial charge in [0.15, 0.2) is 0 Å². The molecule has 0 rings (SSSR count). The summed E-state index contributed by atoms with van der Waals surface area (Å²) in [5.41, 5.74) is 0. The third kappa shape index (κ3) is 20.9. The molecular weight excluding hydrogens is 403 g/mol. The van der Waals surface area contributed by atoms with Crippen LogP contribution in [0.1, 0.15) is 51.4 Å². The van der Waals surface area contributed by atoms with Gasteiger partial charge in [-0.3, -0.25) is 0 Å². The van der Waals surface area contributed by atoms with Crippen molar-refractivity contribution in [1.29, 1.82) is 0 Å². The summed E-state index contributed by atoms with van der Waals surface area (Å²) in [6, 6.07) is 0. The molecule has 0 aliphatic carbocycles. The molecule has 0 radical (unpaired) electrons. The highest BCUT2D eigenvalue weighted by atomic mass is 127. The van der Waals surface area contributed by atoms with Crippen molar-refractivity contribution in [1.82, 2.24) is 0 Å². The van der Waals surface area contributed by atoms with Gasteiger partial charge in [-0.2, -0.15) is 0 Å². The third-order valence-corrected chi connectivity index (χ3v) is 4.12. The topological polar surface area (TPSA) is 27.7 Å². The van der Waals surface area contributed by atoms with Crippen LogP contribution in [0.15, 0.2) is 0 Å². The molecule has 0 spiro atoms. The highest BCUT2D eigenvalue weighted by molar-refractivity contribution is 14.1. The van der Waals surface area contributed by atoms with Crippen molar-refractivity contribution in [3.8, 4) is 0 Å². The minimum Gasteiger partial charge on any atom is -0.379 e. The summed E-state index contributed by atoms with van der Waals surface area (Å²) < 4.78 is 17.7. The molecule has 128 valence electrons. The molecule has 5 heteroatoms. The van der Waals surface area contributed by atoms with Gasteiger partial charge in [0, 0.05) is 19.1 Å². The SMILES string of the molecule is ClCCCCCCOCCOCCOCCCCCCI. The van der Waals surface area contributed by atoms with Crippen LogP contribution in [0, 0.1) is 0 Å². The molecule has 0 saturated carbocycles. The summed E-state index contributed by atoms with van der Waals surface area (Å²) in [5, 5.41) is 0. The molecule has 0 aromatic rings. The normalized spacial score (nSPS) is 11.1. The van der Waals surface area contributed by atoms with Gasteiger partial charge in [0.25, 0.3) is 0 Å². The van der Waals surface area contributed by atoms with E-state index in [9.17, 15) is 0 Å². The molecule has 0 aromatic carbocycles. The molecule has 0 atom stereocenters. The monoisotopic (exact) mass is 434 g/mol. The molecule has 3 nitrogen and oxygen atoms in total. The minimum absolute atomic E-state index is 0.667. The van der Waals surface area contributed by atoms with Gasteiger partial charge in [0.05, 0.1) is 26.4 Å². The van der Waals surface area contributed by atoms with Crippen molar-refractivity contribution in [2.24, 2.45) is 0 Å². The van der Waals surface area contributed by atoms with Crippen LogP contribution < -0.4 is 0 Å². The Hall–Kier alpha value is 0.900. The number of ether oxygens (including phenoxy) is 3. The highest BCUT2D eigenvalue weighted by Crippen LogP contribution is 2.02. The molecule has 0 bridgehead atoms. The lowest BCUT2D eigenvalue weighted by atomic mass is 10.2. The lowest BCUT2D eigenvalue weighted by Gasteiger charge is -2.07. The van der Waals surface area contributed by atoms with E-state index in [-0.39, 0.29) is 0 Å². The number of alkyl halides is 2. The fraction of sp³-hybridized carbons (Fsp3) is 1.00. The summed E-state index contributed by atoms with van der Waals surface area (Å²) >= 11 is 8.04. The molecular formula is C16H32ClIO3. The number of hydrogen-bond acceptors (Lipinski definition) is 3. The Morgan fingerprint density at radius 2 is 0.952 bits per heavy atom. The smallest absolute Gasteiger partial charge is 0.0701 e. The fourth-order valence-electron chi connectivity index (χ4n) is 1.85. The lowest BCUT2D eigenvalue weighted by Crippen LogP contribution is -2.10. The maximum absolute atomic E-state index is 5.61. The molecule has 0 saturated heterocycles. The predicted molar refractivity (Wildman–Crippen MR) is 99.0 cm³/mol. The maximum atomic E-state index is 5.61. The first-order valence-corrected chi connectivity index (χ1v) is 10.3. The van der Waals surface area contributed by atoms with E-state index < -0.39 is 0 Å². The van der Waals surface area contributed by atoms with Crippen LogP contribution in [-0.4, -0.2) is 49.9 Å². The average Bonchev–Trinajstić information content (AvgIpc) is 2.50. The van der Waals surface area contributed by atoms with Crippen LogP contribution >= 0.6 is 34.2 Å². The van der Waals surface area contributed by atoms with E-state index in [2.05, 4.69) is 22.6 Å². The van der Waals surface area contributed by atoms with Crippen molar-refractivity contribution in [2.45, 2.75) is 51.4 Å². The molecule has 0 fully saturated rings. The van der Waals surface area contributed by atoms with Crippen molar-refractivity contribution in [2.75, 3.05) is 49.9 Å². The summed E-state index contributed by atoms with van der Waals surface area (Å²) in [6.45, 7) is 4.42. The number of unbranched alkanes of at least 4 members (excludes halogenated alkanes) is 6. The van der Waals surface area contributed by atoms with Crippen LogP contribution in [0.5, 0.6) is 0 Å². The zero-order valence-electron chi connectivity index (χ0n) is 13.3. The first kappa shape index (κ1) is 21.9. The van der Waals surface area contributed by atoms with E-state index in [4.69, 9.17) is 25.8 Å². The van der Waals surface area contributed by atoms with Gasteiger partial charge in [-0.1, -0.05) is 48.3 Å². The van der Waals surface area contributed by atoms with Gasteiger partial charge < -0.3 is 14.2 Å². The van der Waals surface area contributed by atoms with Gasteiger partial charge in [0.1, 0.15) is 0 Å². The Kier molecular flexibility index (Phi) is 21.8. The molecule has 0 aliphatic heterocycles. The Labute approximate surface area is 149 Å². The Morgan fingerprint density at radius 1 is 0.524 bits per heavy atom. The summed E-state index contributed by atoms with van der Waals surface area (Å²) in [6.07, 6.45) is 9.76. The highest BCUT2D eigenvalue weighted by Gasteiger charge is 1.93. The van der Waals surface area contributed by atoms with Gasteiger partial charge in [0.2, 0.25) is 0 Å². The molecule has 0 N–H and O–H groups in total. The van der Waals surface area contributed by atoms with Gasteiger partial charge in [-0.05, 0) is 30.1 Å². The second kappa shape index (κ2) is 20.9. The van der Waals surface area contributed by atoms with E-state index in [0.29, 0.717) is 26.4 Å².